The summed E-state index contributed by atoms with van der Waals surface area (Å²) >= 11 is 0. The topological polar surface area (TPSA) is 84.6 Å². The maximum Gasteiger partial charge on any atom is 0.239 e. The number of halogens is 1. The number of anilines is 1. The minimum Gasteiger partial charge on any atom is -0.437 e. The van der Waals surface area contributed by atoms with Crippen LogP contribution in [0, 0.1) is 5.82 Å². The third-order valence-electron chi connectivity index (χ3n) is 3.40. The van der Waals surface area contributed by atoms with E-state index in [1.165, 1.54) is 30.5 Å². The maximum atomic E-state index is 12.9. The first-order valence-electron chi connectivity index (χ1n) is 7.40. The van der Waals surface area contributed by atoms with Crippen LogP contribution >= 0.6 is 0 Å². The smallest absolute Gasteiger partial charge is 0.239 e. The molecule has 0 saturated carbocycles. The molecule has 7 nitrogen and oxygen atoms in total. The first-order valence-corrected chi connectivity index (χ1v) is 7.40. The summed E-state index contributed by atoms with van der Waals surface area (Å²) in [4.78, 5) is 23.3. The van der Waals surface area contributed by atoms with Gasteiger partial charge in [0.15, 0.2) is 5.82 Å². The van der Waals surface area contributed by atoms with Crippen LogP contribution in [0.25, 0.3) is 0 Å². The van der Waals surface area contributed by atoms with Crippen molar-refractivity contribution in [2.24, 2.45) is 5.73 Å². The van der Waals surface area contributed by atoms with Crippen LogP contribution in [-0.2, 0) is 4.79 Å². The standard InChI is InChI=1S/C16H20FN5O2/c1-21(7-8-22(2)16(23)9-18)14-10-19-11-15(20-14)24-13-5-3-12(17)4-6-13/h3-6,10-11H,7-9,18H2,1-2H3. The highest BCUT2D eigenvalue weighted by Gasteiger charge is 2.10. The Kier molecular flexibility index (Phi) is 6.02. The summed E-state index contributed by atoms with van der Waals surface area (Å²) in [5.41, 5.74) is 5.33. The van der Waals surface area contributed by atoms with Gasteiger partial charge in [-0.1, -0.05) is 0 Å². The van der Waals surface area contributed by atoms with Gasteiger partial charge in [0, 0.05) is 27.2 Å². The lowest BCUT2D eigenvalue weighted by atomic mass is 10.3. The van der Waals surface area contributed by atoms with Gasteiger partial charge in [0.25, 0.3) is 0 Å². The van der Waals surface area contributed by atoms with Gasteiger partial charge in [-0.25, -0.2) is 4.39 Å². The van der Waals surface area contributed by atoms with E-state index in [1.54, 1.807) is 18.1 Å². The number of amides is 1. The van der Waals surface area contributed by atoms with Crippen LogP contribution in [0.15, 0.2) is 36.7 Å². The number of carbonyl (C=O) groups excluding carboxylic acids is 1. The Morgan fingerprint density at radius 2 is 1.92 bits per heavy atom. The molecule has 128 valence electrons. The zero-order valence-electron chi connectivity index (χ0n) is 13.6. The number of benzene rings is 1. The summed E-state index contributed by atoms with van der Waals surface area (Å²) < 4.78 is 18.5. The Hall–Kier alpha value is -2.74. The largest absolute Gasteiger partial charge is 0.437 e. The number of aromatic nitrogens is 2. The molecule has 2 N–H and O–H groups in total. The molecule has 1 aromatic heterocycles. The Bertz CT molecular complexity index is 680. The van der Waals surface area contributed by atoms with Gasteiger partial charge in [0.05, 0.1) is 18.9 Å². The second-order valence-corrected chi connectivity index (χ2v) is 5.21. The molecule has 1 amide bonds. The highest BCUT2D eigenvalue weighted by atomic mass is 19.1. The maximum absolute atomic E-state index is 12.9. The number of nitrogens with two attached hydrogens (primary N) is 1. The third kappa shape index (κ3) is 4.88. The molecule has 0 aliphatic rings. The van der Waals surface area contributed by atoms with E-state index in [9.17, 15) is 9.18 Å². The van der Waals surface area contributed by atoms with Gasteiger partial charge in [-0.05, 0) is 24.3 Å². The molecule has 1 heterocycles. The first-order chi connectivity index (χ1) is 11.5. The van der Waals surface area contributed by atoms with Crippen molar-refractivity contribution >= 4 is 11.7 Å². The summed E-state index contributed by atoms with van der Waals surface area (Å²) in [5, 5.41) is 0. The molecule has 0 fully saturated rings. The van der Waals surface area contributed by atoms with Gasteiger partial charge < -0.3 is 20.3 Å². The van der Waals surface area contributed by atoms with Crippen LogP contribution in [0.2, 0.25) is 0 Å². The summed E-state index contributed by atoms with van der Waals surface area (Å²) in [7, 11) is 3.54. The van der Waals surface area contributed by atoms with Crippen molar-refractivity contribution in [2.75, 3.05) is 38.6 Å². The van der Waals surface area contributed by atoms with Gasteiger partial charge >= 0.3 is 0 Å². The van der Waals surface area contributed by atoms with E-state index in [0.29, 0.717) is 30.5 Å². The van der Waals surface area contributed by atoms with Gasteiger partial charge in [-0.15, -0.1) is 0 Å². The molecule has 0 saturated heterocycles. The number of rotatable bonds is 7. The molecule has 24 heavy (non-hydrogen) atoms. The molecule has 0 unspecified atom stereocenters. The summed E-state index contributed by atoms with van der Waals surface area (Å²) in [6.45, 7) is 1.06. The zero-order valence-corrected chi connectivity index (χ0v) is 13.6. The molecule has 0 aliphatic heterocycles. The van der Waals surface area contributed by atoms with Gasteiger partial charge in [-0.2, -0.15) is 4.98 Å². The molecular formula is C16H20FN5O2. The Morgan fingerprint density at radius 1 is 1.21 bits per heavy atom. The quantitative estimate of drug-likeness (QED) is 0.821. The number of nitrogens with zero attached hydrogens (tertiary/aromatic N) is 4. The lowest BCUT2D eigenvalue weighted by Gasteiger charge is -2.22. The highest BCUT2D eigenvalue weighted by Crippen LogP contribution is 2.20. The second-order valence-electron chi connectivity index (χ2n) is 5.21. The van der Waals surface area contributed by atoms with E-state index in [1.807, 2.05) is 11.9 Å². The minimum absolute atomic E-state index is 0.0129. The van der Waals surface area contributed by atoms with E-state index in [4.69, 9.17) is 10.5 Å². The lowest BCUT2D eigenvalue weighted by Crippen LogP contribution is -2.38. The molecule has 0 aliphatic carbocycles. The van der Waals surface area contributed by atoms with Gasteiger partial charge in [0.1, 0.15) is 11.6 Å². The Morgan fingerprint density at radius 3 is 2.58 bits per heavy atom. The van der Waals surface area contributed by atoms with Gasteiger partial charge in [-0.3, -0.25) is 9.78 Å². The lowest BCUT2D eigenvalue weighted by molar-refractivity contribution is -0.128. The van der Waals surface area contributed by atoms with Crippen molar-refractivity contribution in [2.45, 2.75) is 0 Å². The van der Waals surface area contributed by atoms with Crippen LogP contribution < -0.4 is 15.4 Å². The van der Waals surface area contributed by atoms with Crippen molar-refractivity contribution < 1.29 is 13.9 Å². The van der Waals surface area contributed by atoms with Crippen LogP contribution in [0.3, 0.4) is 0 Å². The number of ether oxygens (including phenoxy) is 1. The third-order valence-corrected chi connectivity index (χ3v) is 3.40. The highest BCUT2D eigenvalue weighted by molar-refractivity contribution is 5.77. The van der Waals surface area contributed by atoms with Crippen LogP contribution in [-0.4, -0.2) is 54.5 Å². The summed E-state index contributed by atoms with van der Waals surface area (Å²) in [5.74, 6) is 0.917. The van der Waals surface area contributed by atoms with E-state index < -0.39 is 0 Å². The molecule has 2 rings (SSSR count). The molecule has 0 spiro atoms. The second kappa shape index (κ2) is 8.21. The van der Waals surface area contributed by atoms with Crippen LogP contribution in [0.4, 0.5) is 10.2 Å². The van der Waals surface area contributed by atoms with E-state index in [-0.39, 0.29) is 18.3 Å². The fourth-order valence-corrected chi connectivity index (χ4v) is 1.89. The average molecular weight is 333 g/mol. The average Bonchev–Trinajstić information content (AvgIpc) is 2.60. The van der Waals surface area contributed by atoms with Crippen molar-refractivity contribution in [1.82, 2.24) is 14.9 Å². The predicted molar refractivity (Wildman–Crippen MR) is 88.5 cm³/mol. The minimum atomic E-state index is -0.335. The van der Waals surface area contributed by atoms with Crippen molar-refractivity contribution in [1.29, 1.82) is 0 Å². The van der Waals surface area contributed by atoms with E-state index >= 15 is 0 Å². The normalized spacial score (nSPS) is 10.3. The van der Waals surface area contributed by atoms with Crippen LogP contribution in [0.5, 0.6) is 11.6 Å². The molecule has 0 radical (unpaired) electrons. The molecule has 0 atom stereocenters. The molecule has 8 heteroatoms. The molecule has 0 bridgehead atoms. The Labute approximate surface area is 139 Å². The zero-order chi connectivity index (χ0) is 17.5. The molecule has 2 aromatic rings. The summed E-state index contributed by atoms with van der Waals surface area (Å²) in [6.07, 6.45) is 3.08. The Balaban J connectivity index is 1.98. The van der Waals surface area contributed by atoms with Crippen molar-refractivity contribution in [3.8, 4) is 11.6 Å². The van der Waals surface area contributed by atoms with Crippen LogP contribution in [0.1, 0.15) is 0 Å². The van der Waals surface area contributed by atoms with E-state index in [0.717, 1.165) is 0 Å². The number of hydrogen-bond acceptors (Lipinski definition) is 6. The van der Waals surface area contributed by atoms with Crippen molar-refractivity contribution in [3.05, 3.63) is 42.5 Å². The monoisotopic (exact) mass is 333 g/mol. The van der Waals surface area contributed by atoms with Gasteiger partial charge in [0.2, 0.25) is 11.8 Å². The summed E-state index contributed by atoms with van der Waals surface area (Å²) in [6, 6.07) is 5.65. The first kappa shape index (κ1) is 17.6. The predicted octanol–water partition coefficient (Wildman–Crippen LogP) is 1.26. The number of carbonyl (C=O) groups is 1. The molecular weight excluding hydrogens is 313 g/mol. The van der Waals surface area contributed by atoms with E-state index in [2.05, 4.69) is 9.97 Å². The SMILES string of the molecule is CN(CCN(C)c1cncc(Oc2ccc(F)cc2)n1)C(=O)CN. The fourth-order valence-electron chi connectivity index (χ4n) is 1.89. The van der Waals surface area contributed by atoms with Crippen molar-refractivity contribution in [3.63, 3.8) is 0 Å². The number of hydrogen-bond donors (Lipinski definition) is 1. The molecule has 1 aromatic carbocycles. The number of likely N-dealkylation sites (N-methyl/N-ethyl adjacent to an activating group) is 2. The fraction of sp³-hybridized carbons (Fsp3) is 0.312.